The van der Waals surface area contributed by atoms with Crippen molar-refractivity contribution in [1.82, 2.24) is 10.3 Å². The van der Waals surface area contributed by atoms with Gasteiger partial charge in [0.1, 0.15) is 5.69 Å². The van der Waals surface area contributed by atoms with E-state index in [0.29, 0.717) is 22.7 Å². The molecule has 1 fully saturated rings. The number of hydrogen-bond acceptors (Lipinski definition) is 4. The summed E-state index contributed by atoms with van der Waals surface area (Å²) in [4.78, 5) is 16.0. The zero-order valence-electron chi connectivity index (χ0n) is 10.6. The highest BCUT2D eigenvalue weighted by molar-refractivity contribution is 7.99. The number of nitrogens with one attached hydrogen (secondary N) is 1. The van der Waals surface area contributed by atoms with Crippen molar-refractivity contribution in [3.63, 3.8) is 0 Å². The molecule has 2 rings (SSSR count). The van der Waals surface area contributed by atoms with Gasteiger partial charge in [-0.05, 0) is 37.1 Å². The number of nitrogens with two attached hydrogens (primary N) is 1. The molecule has 0 radical (unpaired) electrons. The number of carbonyl (C=O) groups is 1. The number of nitrogen functional groups attached to an aromatic ring is 1. The summed E-state index contributed by atoms with van der Waals surface area (Å²) in [5.41, 5.74) is 6.56. The summed E-state index contributed by atoms with van der Waals surface area (Å²) >= 11 is 1.98. The van der Waals surface area contributed by atoms with E-state index in [4.69, 9.17) is 5.73 Å². The van der Waals surface area contributed by atoms with Crippen LogP contribution < -0.4 is 11.1 Å². The minimum Gasteiger partial charge on any atom is -0.397 e. The van der Waals surface area contributed by atoms with Crippen LogP contribution in [0.3, 0.4) is 0 Å². The monoisotopic (exact) mass is 265 g/mol. The van der Waals surface area contributed by atoms with Crippen LogP contribution in [0.25, 0.3) is 0 Å². The van der Waals surface area contributed by atoms with Gasteiger partial charge in [-0.25, -0.2) is 4.98 Å². The number of aromatic nitrogens is 1. The molecule has 1 aliphatic rings. The molecule has 1 amide bonds. The zero-order chi connectivity index (χ0) is 13.0. The third-order valence-corrected chi connectivity index (χ3v) is 4.37. The molecule has 3 N–H and O–H groups in total. The van der Waals surface area contributed by atoms with Crippen molar-refractivity contribution >= 4 is 23.4 Å². The molecule has 98 valence electrons. The first-order chi connectivity index (χ1) is 8.69. The van der Waals surface area contributed by atoms with Crippen LogP contribution in [-0.4, -0.2) is 27.9 Å². The van der Waals surface area contributed by atoms with Crippen LogP contribution in [-0.2, 0) is 0 Å². The Kier molecular flexibility index (Phi) is 4.47. The summed E-state index contributed by atoms with van der Waals surface area (Å²) in [6.45, 7) is 2.18. The summed E-state index contributed by atoms with van der Waals surface area (Å²) in [5.74, 6) is 1.05. The largest absolute Gasteiger partial charge is 0.397 e. The second-order valence-corrected chi connectivity index (χ2v) is 6.11. The Morgan fingerprint density at radius 2 is 2.39 bits per heavy atom. The first kappa shape index (κ1) is 13.2. The van der Waals surface area contributed by atoms with Crippen LogP contribution in [0.15, 0.2) is 18.3 Å². The standard InChI is InChI=1S/C13H19N3OS/c1-2-18-11-5-4-10(7-11)16-13(17)12-6-3-9(14)8-15-12/h3,6,8,10-11H,2,4-5,7,14H2,1H3,(H,16,17). The smallest absolute Gasteiger partial charge is 0.270 e. The molecule has 0 spiro atoms. The van der Waals surface area contributed by atoms with Crippen molar-refractivity contribution in [3.8, 4) is 0 Å². The Bertz CT molecular complexity index is 407. The van der Waals surface area contributed by atoms with E-state index in [2.05, 4.69) is 17.2 Å². The summed E-state index contributed by atoms with van der Waals surface area (Å²) in [7, 11) is 0. The van der Waals surface area contributed by atoms with Gasteiger partial charge in [-0.3, -0.25) is 4.79 Å². The maximum atomic E-state index is 12.0. The SMILES string of the molecule is CCSC1CCC(NC(=O)c2ccc(N)cn2)C1. The van der Waals surface area contributed by atoms with Crippen molar-refractivity contribution < 1.29 is 4.79 Å². The maximum absolute atomic E-state index is 12.0. The average Bonchev–Trinajstić information content (AvgIpc) is 2.78. The normalized spacial score (nSPS) is 22.9. The number of anilines is 1. The van der Waals surface area contributed by atoms with Gasteiger partial charge in [0, 0.05) is 11.3 Å². The predicted octanol–water partition coefficient (Wildman–Crippen LogP) is 2.07. The number of carbonyl (C=O) groups excluding carboxylic acids is 1. The highest BCUT2D eigenvalue weighted by Crippen LogP contribution is 2.29. The number of hydrogen-bond donors (Lipinski definition) is 2. The van der Waals surface area contributed by atoms with Crippen molar-refractivity contribution in [1.29, 1.82) is 0 Å². The second-order valence-electron chi connectivity index (χ2n) is 4.54. The van der Waals surface area contributed by atoms with Gasteiger partial charge in [0.2, 0.25) is 0 Å². The van der Waals surface area contributed by atoms with Crippen LogP contribution >= 0.6 is 11.8 Å². The molecule has 1 saturated carbocycles. The molecule has 1 heterocycles. The lowest BCUT2D eigenvalue weighted by molar-refractivity contribution is 0.0933. The Balaban J connectivity index is 1.87. The Morgan fingerprint density at radius 3 is 3.06 bits per heavy atom. The van der Waals surface area contributed by atoms with Crippen LogP contribution in [0.2, 0.25) is 0 Å². The highest BCUT2D eigenvalue weighted by Gasteiger charge is 2.26. The third kappa shape index (κ3) is 3.38. The fraction of sp³-hybridized carbons (Fsp3) is 0.538. The first-order valence-corrected chi connectivity index (χ1v) is 7.38. The predicted molar refractivity (Wildman–Crippen MR) is 75.7 cm³/mol. The fourth-order valence-corrected chi connectivity index (χ4v) is 3.40. The molecule has 2 atom stereocenters. The van der Waals surface area contributed by atoms with Gasteiger partial charge < -0.3 is 11.1 Å². The third-order valence-electron chi connectivity index (χ3n) is 3.14. The summed E-state index contributed by atoms with van der Waals surface area (Å²) in [5, 5.41) is 3.74. The molecule has 5 heteroatoms. The van der Waals surface area contributed by atoms with Crippen LogP contribution in [0, 0.1) is 0 Å². The molecule has 2 unspecified atom stereocenters. The quantitative estimate of drug-likeness (QED) is 0.874. The molecule has 1 aromatic heterocycles. The van der Waals surface area contributed by atoms with E-state index in [1.807, 2.05) is 11.8 Å². The molecule has 1 aliphatic carbocycles. The van der Waals surface area contributed by atoms with Crippen molar-refractivity contribution in [2.24, 2.45) is 0 Å². The van der Waals surface area contributed by atoms with E-state index in [1.165, 1.54) is 12.6 Å². The maximum Gasteiger partial charge on any atom is 0.270 e. The molecule has 1 aromatic rings. The van der Waals surface area contributed by atoms with E-state index in [9.17, 15) is 4.79 Å². The van der Waals surface area contributed by atoms with Gasteiger partial charge in [-0.15, -0.1) is 0 Å². The summed E-state index contributed by atoms with van der Waals surface area (Å²) < 4.78 is 0. The number of pyridine rings is 1. The molecule has 18 heavy (non-hydrogen) atoms. The van der Waals surface area contributed by atoms with Gasteiger partial charge in [-0.1, -0.05) is 6.92 Å². The van der Waals surface area contributed by atoms with Gasteiger partial charge in [-0.2, -0.15) is 11.8 Å². The van der Waals surface area contributed by atoms with Gasteiger partial charge in [0.25, 0.3) is 5.91 Å². The first-order valence-electron chi connectivity index (χ1n) is 6.33. The molecule has 0 saturated heterocycles. The molecular formula is C13H19N3OS. The fourth-order valence-electron chi connectivity index (χ4n) is 2.26. The van der Waals surface area contributed by atoms with E-state index < -0.39 is 0 Å². The lowest BCUT2D eigenvalue weighted by Gasteiger charge is -2.12. The van der Waals surface area contributed by atoms with Crippen molar-refractivity contribution in [2.75, 3.05) is 11.5 Å². The molecule has 0 bridgehead atoms. The molecular weight excluding hydrogens is 246 g/mol. The van der Waals surface area contributed by atoms with Gasteiger partial charge >= 0.3 is 0 Å². The lowest BCUT2D eigenvalue weighted by atomic mass is 10.2. The van der Waals surface area contributed by atoms with E-state index in [0.717, 1.165) is 18.6 Å². The Hall–Kier alpha value is -1.23. The van der Waals surface area contributed by atoms with Gasteiger partial charge in [0.05, 0.1) is 11.9 Å². The molecule has 0 aliphatic heterocycles. The molecule has 4 nitrogen and oxygen atoms in total. The number of thioether (sulfide) groups is 1. The Morgan fingerprint density at radius 1 is 1.56 bits per heavy atom. The topological polar surface area (TPSA) is 68.0 Å². The molecule has 0 aromatic carbocycles. The number of nitrogens with zero attached hydrogens (tertiary/aromatic N) is 1. The minimum absolute atomic E-state index is 0.0952. The Labute approximate surface area is 112 Å². The number of amides is 1. The van der Waals surface area contributed by atoms with Crippen molar-refractivity contribution in [3.05, 3.63) is 24.0 Å². The lowest BCUT2D eigenvalue weighted by Crippen LogP contribution is -2.33. The van der Waals surface area contributed by atoms with Crippen LogP contribution in [0.1, 0.15) is 36.7 Å². The van der Waals surface area contributed by atoms with Crippen molar-refractivity contribution in [2.45, 2.75) is 37.5 Å². The summed E-state index contributed by atoms with van der Waals surface area (Å²) in [6.07, 6.45) is 4.84. The van der Waals surface area contributed by atoms with E-state index in [-0.39, 0.29) is 5.91 Å². The van der Waals surface area contributed by atoms with Gasteiger partial charge in [0.15, 0.2) is 0 Å². The zero-order valence-corrected chi connectivity index (χ0v) is 11.4. The average molecular weight is 265 g/mol. The van der Waals surface area contributed by atoms with Crippen LogP contribution in [0.5, 0.6) is 0 Å². The second kappa shape index (κ2) is 6.09. The summed E-state index contributed by atoms with van der Waals surface area (Å²) in [6, 6.07) is 3.66. The minimum atomic E-state index is -0.0952. The number of rotatable bonds is 4. The highest BCUT2D eigenvalue weighted by atomic mass is 32.2. The van der Waals surface area contributed by atoms with E-state index >= 15 is 0 Å². The van der Waals surface area contributed by atoms with E-state index in [1.54, 1.807) is 12.1 Å². The van der Waals surface area contributed by atoms with Crippen LogP contribution in [0.4, 0.5) is 5.69 Å².